The molecule has 206 valence electrons. The second-order valence-corrected chi connectivity index (χ2v) is 12.0. The number of carbonyl (C=O) groups excluding carboxylic acids is 2. The van der Waals surface area contributed by atoms with Gasteiger partial charge in [0.15, 0.2) is 5.78 Å². The van der Waals surface area contributed by atoms with E-state index in [9.17, 15) is 9.59 Å². The summed E-state index contributed by atoms with van der Waals surface area (Å²) in [5, 5.41) is 6.80. The van der Waals surface area contributed by atoms with Crippen molar-refractivity contribution in [1.29, 1.82) is 0 Å². The second kappa shape index (κ2) is 11.6. The van der Waals surface area contributed by atoms with Crippen LogP contribution in [0.25, 0.3) is 0 Å². The van der Waals surface area contributed by atoms with Crippen molar-refractivity contribution in [2.75, 3.05) is 39.4 Å². The maximum absolute atomic E-state index is 13.8. The number of hydrogen-bond acceptors (Lipinski definition) is 7. The van der Waals surface area contributed by atoms with Crippen LogP contribution in [-0.4, -0.2) is 96.6 Å². The Hall–Kier alpha value is -1.97. The number of hydrogen-bond donors (Lipinski definition) is 2. The summed E-state index contributed by atoms with van der Waals surface area (Å²) < 4.78 is 12.1. The van der Waals surface area contributed by atoms with E-state index in [1.54, 1.807) is 0 Å². The third-order valence-corrected chi connectivity index (χ3v) is 9.39. The van der Waals surface area contributed by atoms with Crippen molar-refractivity contribution in [3.8, 4) is 0 Å². The van der Waals surface area contributed by atoms with Crippen LogP contribution in [0.3, 0.4) is 0 Å². The number of Topliss-reactive ketones (excluding diaryl/α,β-unsaturated/α-hetero) is 1. The first-order valence-electron chi connectivity index (χ1n) is 14.3. The van der Waals surface area contributed by atoms with Crippen molar-refractivity contribution in [3.05, 3.63) is 47.7 Å². The van der Waals surface area contributed by atoms with Crippen molar-refractivity contribution in [2.24, 2.45) is 5.92 Å². The van der Waals surface area contributed by atoms with E-state index in [1.165, 1.54) is 5.56 Å². The van der Waals surface area contributed by atoms with Crippen LogP contribution in [0, 0.1) is 5.92 Å². The summed E-state index contributed by atoms with van der Waals surface area (Å²) in [6.45, 7) is 5.21. The SMILES string of the molecule is O=C(NCCN1CCOCC1)C1=CN2C3CC(Cl)CCC3OC3CC(NCc4ccccc4)CC(C1=O)C32. The summed E-state index contributed by atoms with van der Waals surface area (Å²) in [5.41, 5.74) is 1.50. The van der Waals surface area contributed by atoms with Crippen LogP contribution in [-0.2, 0) is 25.6 Å². The molecule has 4 fully saturated rings. The molecule has 0 aromatic heterocycles. The van der Waals surface area contributed by atoms with E-state index in [1.807, 2.05) is 24.4 Å². The molecule has 9 heteroatoms. The number of ketones is 1. The number of rotatable bonds is 7. The van der Waals surface area contributed by atoms with Crippen molar-refractivity contribution in [3.63, 3.8) is 0 Å². The van der Waals surface area contributed by atoms with E-state index in [4.69, 9.17) is 21.1 Å². The van der Waals surface area contributed by atoms with Gasteiger partial charge in [-0.25, -0.2) is 0 Å². The zero-order valence-corrected chi connectivity index (χ0v) is 22.7. The standard InChI is InChI=1S/C29H39ClN4O4/c30-20-6-7-25-24(14-20)34-18-23(29(36)31-8-9-33-10-12-37-13-11-33)28(35)22-15-21(16-26(38-25)27(22)34)32-17-19-4-2-1-3-5-19/h1-5,18,20-22,24-27,32H,6-17H2,(H,31,36). The molecule has 7 unspecified atom stereocenters. The number of ether oxygens (including phenoxy) is 2. The number of nitrogens with one attached hydrogen (secondary N) is 2. The molecule has 2 saturated heterocycles. The van der Waals surface area contributed by atoms with Crippen LogP contribution in [0.4, 0.5) is 0 Å². The van der Waals surface area contributed by atoms with Gasteiger partial charge in [-0.05, 0) is 37.7 Å². The van der Waals surface area contributed by atoms with E-state index in [0.717, 1.165) is 65.1 Å². The van der Waals surface area contributed by atoms with Crippen LogP contribution in [0.1, 0.15) is 37.7 Å². The monoisotopic (exact) mass is 542 g/mol. The molecule has 7 atom stereocenters. The van der Waals surface area contributed by atoms with Gasteiger partial charge in [-0.2, -0.15) is 0 Å². The fourth-order valence-electron chi connectivity index (χ4n) is 7.04. The Bertz CT molecular complexity index is 1030. The van der Waals surface area contributed by atoms with Gasteiger partial charge in [0.1, 0.15) is 0 Å². The number of amides is 1. The topological polar surface area (TPSA) is 83.1 Å². The molecule has 1 aromatic rings. The number of nitrogens with zero attached hydrogens (tertiary/aromatic N) is 2. The van der Waals surface area contributed by atoms with Crippen molar-refractivity contribution in [2.45, 2.75) is 74.4 Å². The Morgan fingerprint density at radius 3 is 2.68 bits per heavy atom. The largest absolute Gasteiger partial charge is 0.379 e. The van der Waals surface area contributed by atoms with Crippen LogP contribution >= 0.6 is 11.6 Å². The smallest absolute Gasteiger partial charge is 0.256 e. The molecule has 6 rings (SSSR count). The fourth-order valence-corrected chi connectivity index (χ4v) is 7.35. The summed E-state index contributed by atoms with van der Waals surface area (Å²) >= 11 is 6.61. The number of morpholine rings is 2. The van der Waals surface area contributed by atoms with Gasteiger partial charge in [0.25, 0.3) is 5.91 Å². The van der Waals surface area contributed by atoms with Crippen LogP contribution in [0.15, 0.2) is 42.1 Å². The Balaban J connectivity index is 1.19. The van der Waals surface area contributed by atoms with Crippen LogP contribution in [0.5, 0.6) is 0 Å². The molecule has 0 bridgehead atoms. The van der Waals surface area contributed by atoms with E-state index < -0.39 is 0 Å². The first kappa shape index (κ1) is 26.3. The lowest BCUT2D eigenvalue weighted by Gasteiger charge is -2.58. The minimum Gasteiger partial charge on any atom is -0.379 e. The minimum absolute atomic E-state index is 0.0367. The van der Waals surface area contributed by atoms with Crippen LogP contribution in [0.2, 0.25) is 0 Å². The highest BCUT2D eigenvalue weighted by molar-refractivity contribution is 6.21. The molecule has 3 aliphatic heterocycles. The Kier molecular flexibility index (Phi) is 8.05. The molecule has 0 spiro atoms. The van der Waals surface area contributed by atoms with E-state index in [-0.39, 0.29) is 58.9 Å². The molecule has 3 heterocycles. The summed E-state index contributed by atoms with van der Waals surface area (Å²) in [5.74, 6) is -0.589. The Morgan fingerprint density at radius 1 is 1.05 bits per heavy atom. The number of fused-ring (bicyclic) bond motifs is 2. The summed E-state index contributed by atoms with van der Waals surface area (Å²) in [4.78, 5) is 31.8. The molecule has 1 amide bonds. The maximum Gasteiger partial charge on any atom is 0.256 e. The highest BCUT2D eigenvalue weighted by Crippen LogP contribution is 2.45. The highest BCUT2D eigenvalue weighted by atomic mass is 35.5. The van der Waals surface area contributed by atoms with Crippen LogP contribution < -0.4 is 10.6 Å². The van der Waals surface area contributed by atoms with Gasteiger partial charge in [-0.1, -0.05) is 30.3 Å². The molecular formula is C29H39ClN4O4. The first-order valence-corrected chi connectivity index (χ1v) is 14.7. The lowest BCUT2D eigenvalue weighted by Crippen LogP contribution is -2.68. The molecule has 38 heavy (non-hydrogen) atoms. The molecule has 0 radical (unpaired) electrons. The van der Waals surface area contributed by atoms with Gasteiger partial charge in [0, 0.05) is 56.3 Å². The van der Waals surface area contributed by atoms with Crippen molar-refractivity contribution in [1.82, 2.24) is 20.4 Å². The van der Waals surface area contributed by atoms with Gasteiger partial charge in [0.2, 0.25) is 0 Å². The number of alkyl halides is 1. The molecule has 2 aliphatic carbocycles. The molecule has 2 saturated carbocycles. The van der Waals surface area contributed by atoms with Gasteiger partial charge in [-0.15, -0.1) is 11.6 Å². The average Bonchev–Trinajstić information content (AvgIpc) is 2.94. The number of carbonyl (C=O) groups is 2. The third-order valence-electron chi connectivity index (χ3n) is 9.00. The van der Waals surface area contributed by atoms with Gasteiger partial charge >= 0.3 is 0 Å². The first-order chi connectivity index (χ1) is 18.6. The normalized spacial score (nSPS) is 35.2. The second-order valence-electron chi connectivity index (χ2n) is 11.4. The van der Waals surface area contributed by atoms with Crippen molar-refractivity contribution >= 4 is 23.3 Å². The molecule has 8 nitrogen and oxygen atoms in total. The summed E-state index contributed by atoms with van der Waals surface area (Å²) in [6.07, 6.45) is 6.12. The number of benzene rings is 1. The van der Waals surface area contributed by atoms with Crippen molar-refractivity contribution < 1.29 is 19.1 Å². The van der Waals surface area contributed by atoms with Gasteiger partial charge in [0.05, 0.1) is 43.1 Å². The summed E-state index contributed by atoms with van der Waals surface area (Å²) in [7, 11) is 0. The molecule has 1 aromatic carbocycles. The maximum atomic E-state index is 13.8. The average molecular weight is 543 g/mol. The predicted molar refractivity (Wildman–Crippen MR) is 145 cm³/mol. The zero-order chi connectivity index (χ0) is 26.1. The molecule has 2 N–H and O–H groups in total. The fraction of sp³-hybridized carbons (Fsp3) is 0.655. The quantitative estimate of drug-likeness (QED) is 0.403. The van der Waals surface area contributed by atoms with Gasteiger partial charge in [-0.3, -0.25) is 14.5 Å². The predicted octanol–water partition coefficient (Wildman–Crippen LogP) is 2.07. The lowest BCUT2D eigenvalue weighted by molar-refractivity contribution is -0.183. The number of halogens is 1. The van der Waals surface area contributed by atoms with E-state index in [2.05, 4.69) is 32.6 Å². The third kappa shape index (κ3) is 5.52. The van der Waals surface area contributed by atoms with Gasteiger partial charge < -0.3 is 25.0 Å². The molecular weight excluding hydrogens is 504 g/mol. The Labute approximate surface area is 230 Å². The van der Waals surface area contributed by atoms with E-state index in [0.29, 0.717) is 13.0 Å². The zero-order valence-electron chi connectivity index (χ0n) is 21.9. The molecule has 5 aliphatic rings. The van der Waals surface area contributed by atoms with E-state index >= 15 is 0 Å². The summed E-state index contributed by atoms with van der Waals surface area (Å²) in [6, 6.07) is 10.5. The minimum atomic E-state index is -0.274. The highest BCUT2D eigenvalue weighted by Gasteiger charge is 2.55. The Morgan fingerprint density at radius 2 is 1.87 bits per heavy atom. The lowest BCUT2D eigenvalue weighted by atomic mass is 9.70.